The van der Waals surface area contributed by atoms with Crippen LogP contribution in [-0.4, -0.2) is 11.7 Å². The van der Waals surface area contributed by atoms with Crippen molar-refractivity contribution in [2.45, 2.75) is 5.38 Å². The van der Waals surface area contributed by atoms with Crippen LogP contribution in [0, 0.1) is 0 Å². The van der Waals surface area contributed by atoms with Crippen LogP contribution in [0.4, 0.5) is 0 Å². The molecule has 1 atom stereocenters. The zero-order valence-corrected chi connectivity index (χ0v) is 12.6. The Morgan fingerprint density at radius 3 is 2.21 bits per heavy atom. The summed E-state index contributed by atoms with van der Waals surface area (Å²) in [5.74, 6) is 0. The molecule has 0 bridgehead atoms. The highest BCUT2D eigenvalue weighted by molar-refractivity contribution is 6.49. The molecular formula is C14H8Cl4O. The van der Waals surface area contributed by atoms with E-state index in [0.29, 0.717) is 11.9 Å². The second-order valence-corrected chi connectivity index (χ2v) is 5.48. The Balaban J connectivity index is 2.53. The van der Waals surface area contributed by atoms with Crippen LogP contribution < -0.4 is 0 Å². The largest absolute Gasteiger partial charge is 0.298 e. The van der Waals surface area contributed by atoms with E-state index in [4.69, 9.17) is 46.4 Å². The summed E-state index contributed by atoms with van der Waals surface area (Å²) in [6.07, 6.45) is 2.36. The van der Waals surface area contributed by atoms with Crippen LogP contribution in [0.2, 0.25) is 0 Å². The van der Waals surface area contributed by atoms with Gasteiger partial charge in [-0.3, -0.25) is 4.79 Å². The Bertz CT molecular complexity index is 599. The molecule has 0 aliphatic heterocycles. The molecule has 0 N–H and O–H groups in total. The molecule has 1 nitrogen and oxygen atoms in total. The Morgan fingerprint density at radius 1 is 1.00 bits per heavy atom. The molecule has 0 saturated carbocycles. The van der Waals surface area contributed by atoms with Gasteiger partial charge in [0, 0.05) is 0 Å². The second-order valence-electron chi connectivity index (χ2n) is 3.88. The zero-order chi connectivity index (χ0) is 14.0. The Morgan fingerprint density at radius 2 is 1.63 bits per heavy atom. The van der Waals surface area contributed by atoms with Gasteiger partial charge in [-0.25, -0.2) is 0 Å². The molecule has 0 saturated heterocycles. The van der Waals surface area contributed by atoms with Crippen LogP contribution in [0.25, 0.3) is 6.08 Å². The average Bonchev–Trinajstić information content (AvgIpc) is 2.43. The van der Waals surface area contributed by atoms with Crippen molar-refractivity contribution >= 4 is 58.8 Å². The first kappa shape index (κ1) is 14.7. The van der Waals surface area contributed by atoms with Crippen LogP contribution in [0.3, 0.4) is 0 Å². The molecule has 0 radical (unpaired) electrons. The van der Waals surface area contributed by atoms with Crippen LogP contribution in [-0.2, 0) is 4.79 Å². The first-order valence-electron chi connectivity index (χ1n) is 5.37. The first-order valence-corrected chi connectivity index (χ1v) is 6.95. The molecule has 2 rings (SSSR count). The first-order chi connectivity index (χ1) is 9.06. The molecule has 98 valence electrons. The van der Waals surface area contributed by atoms with Crippen LogP contribution in [0.1, 0.15) is 5.56 Å². The Hall–Kier alpha value is -0.730. The maximum atomic E-state index is 10.9. The SMILES string of the molecule is O=CC1=C(Cl)C(Cl)C(=Cc2ccccc2)C(Cl)=C1Cl. The number of allylic oxidation sites excluding steroid dienone is 5. The van der Waals surface area contributed by atoms with Crippen LogP contribution >= 0.6 is 46.4 Å². The Labute approximate surface area is 131 Å². The smallest absolute Gasteiger partial charge is 0.152 e. The van der Waals surface area contributed by atoms with E-state index in [2.05, 4.69) is 0 Å². The fourth-order valence-corrected chi connectivity index (χ4v) is 2.88. The standard InChI is InChI=1S/C14H8Cl4O/c15-11-9(6-8-4-2-1-3-5-8)12(16)14(18)10(7-19)13(11)17/h1-7,11H. The van der Waals surface area contributed by atoms with Gasteiger partial charge in [-0.1, -0.05) is 65.1 Å². The number of alkyl halides is 1. The van der Waals surface area contributed by atoms with E-state index in [1.807, 2.05) is 30.3 Å². The molecule has 1 unspecified atom stereocenters. The van der Waals surface area contributed by atoms with Gasteiger partial charge in [-0.05, 0) is 17.2 Å². The van der Waals surface area contributed by atoms with E-state index in [9.17, 15) is 4.79 Å². The van der Waals surface area contributed by atoms with Gasteiger partial charge in [-0.2, -0.15) is 0 Å². The zero-order valence-electron chi connectivity index (χ0n) is 9.54. The molecule has 5 heteroatoms. The van der Waals surface area contributed by atoms with E-state index in [1.165, 1.54) is 0 Å². The molecule has 1 aromatic carbocycles. The van der Waals surface area contributed by atoms with Gasteiger partial charge in [-0.15, -0.1) is 11.6 Å². The number of halogens is 4. The van der Waals surface area contributed by atoms with Crippen molar-refractivity contribution in [2.75, 3.05) is 0 Å². The van der Waals surface area contributed by atoms with Gasteiger partial charge in [0.25, 0.3) is 0 Å². The second kappa shape index (κ2) is 6.15. The molecule has 0 fully saturated rings. The van der Waals surface area contributed by atoms with Crippen LogP contribution in [0.15, 0.2) is 56.6 Å². The summed E-state index contributed by atoms with van der Waals surface area (Å²) in [6, 6.07) is 9.50. The van der Waals surface area contributed by atoms with Gasteiger partial charge >= 0.3 is 0 Å². The average molecular weight is 334 g/mol. The minimum Gasteiger partial charge on any atom is -0.298 e. The summed E-state index contributed by atoms with van der Waals surface area (Å²) in [5, 5.41) is -0.122. The van der Waals surface area contributed by atoms with E-state index in [0.717, 1.165) is 5.56 Å². The third kappa shape index (κ3) is 2.90. The Kier molecular flexibility index (Phi) is 4.75. The lowest BCUT2D eigenvalue weighted by Gasteiger charge is -2.21. The summed E-state index contributed by atoms with van der Waals surface area (Å²) < 4.78 is 0. The minimum absolute atomic E-state index is 0.126. The van der Waals surface area contributed by atoms with Gasteiger partial charge in [0.05, 0.1) is 26.0 Å². The fraction of sp³-hybridized carbons (Fsp3) is 0.0714. The summed E-state index contributed by atoms with van der Waals surface area (Å²) in [6.45, 7) is 0. The number of benzene rings is 1. The molecule has 1 aliphatic carbocycles. The highest BCUT2D eigenvalue weighted by Gasteiger charge is 2.29. The van der Waals surface area contributed by atoms with Crippen molar-refractivity contribution in [3.63, 3.8) is 0 Å². The predicted octanol–water partition coefficient (Wildman–Crippen LogP) is 5.07. The number of rotatable bonds is 2. The predicted molar refractivity (Wildman–Crippen MR) is 81.7 cm³/mol. The molecule has 0 amide bonds. The summed E-state index contributed by atoms with van der Waals surface area (Å²) in [4.78, 5) is 10.9. The number of hydrogen-bond acceptors (Lipinski definition) is 1. The molecule has 0 aromatic heterocycles. The van der Waals surface area contributed by atoms with Crippen molar-refractivity contribution < 1.29 is 4.79 Å². The number of carbonyl (C=O) groups is 1. The molecule has 19 heavy (non-hydrogen) atoms. The van der Waals surface area contributed by atoms with Gasteiger partial charge in [0.1, 0.15) is 0 Å². The summed E-state index contributed by atoms with van der Waals surface area (Å²) >= 11 is 24.5. The topological polar surface area (TPSA) is 17.1 Å². The monoisotopic (exact) mass is 332 g/mol. The van der Waals surface area contributed by atoms with Crippen molar-refractivity contribution in [1.82, 2.24) is 0 Å². The van der Waals surface area contributed by atoms with E-state index in [1.54, 1.807) is 6.08 Å². The normalized spacial score (nSPS) is 22.1. The van der Waals surface area contributed by atoms with Gasteiger partial charge in [0.15, 0.2) is 6.29 Å². The molecule has 0 heterocycles. The number of carbonyl (C=O) groups excluding carboxylic acids is 1. The minimum atomic E-state index is -0.683. The molecule has 1 aliphatic rings. The van der Waals surface area contributed by atoms with Crippen molar-refractivity contribution in [3.05, 3.63) is 62.1 Å². The number of hydrogen-bond donors (Lipinski definition) is 0. The third-order valence-electron chi connectivity index (χ3n) is 2.68. The highest BCUT2D eigenvalue weighted by atomic mass is 35.5. The third-order valence-corrected chi connectivity index (χ3v) is 4.56. The van der Waals surface area contributed by atoms with Crippen molar-refractivity contribution in [1.29, 1.82) is 0 Å². The lowest BCUT2D eigenvalue weighted by molar-refractivity contribution is -0.104. The lowest BCUT2D eigenvalue weighted by atomic mass is 9.99. The van der Waals surface area contributed by atoms with Gasteiger partial charge < -0.3 is 0 Å². The van der Waals surface area contributed by atoms with Crippen molar-refractivity contribution in [2.24, 2.45) is 0 Å². The number of aldehydes is 1. The highest BCUT2D eigenvalue weighted by Crippen LogP contribution is 2.42. The molecule has 1 aromatic rings. The van der Waals surface area contributed by atoms with E-state index >= 15 is 0 Å². The summed E-state index contributed by atoms with van der Waals surface area (Å²) in [5.41, 5.74) is 1.64. The van der Waals surface area contributed by atoms with Crippen molar-refractivity contribution in [3.8, 4) is 0 Å². The van der Waals surface area contributed by atoms with Crippen LogP contribution in [0.5, 0.6) is 0 Å². The maximum absolute atomic E-state index is 10.9. The molecular weight excluding hydrogens is 326 g/mol. The van der Waals surface area contributed by atoms with E-state index in [-0.39, 0.29) is 20.7 Å². The molecule has 0 spiro atoms. The quantitative estimate of drug-likeness (QED) is 0.545. The summed E-state index contributed by atoms with van der Waals surface area (Å²) in [7, 11) is 0. The van der Waals surface area contributed by atoms with E-state index < -0.39 is 5.38 Å². The maximum Gasteiger partial charge on any atom is 0.152 e. The lowest BCUT2D eigenvalue weighted by Crippen LogP contribution is -2.13. The fourth-order valence-electron chi connectivity index (χ4n) is 1.71. The van der Waals surface area contributed by atoms with Gasteiger partial charge in [0.2, 0.25) is 0 Å².